The molecule has 1 unspecified atom stereocenters. The van der Waals surface area contributed by atoms with E-state index in [1.165, 1.54) is 0 Å². The number of amides is 2. The van der Waals surface area contributed by atoms with Crippen LogP contribution in [-0.2, 0) is 20.7 Å². The van der Waals surface area contributed by atoms with E-state index in [1.54, 1.807) is 12.0 Å². The van der Waals surface area contributed by atoms with Crippen molar-refractivity contribution in [2.24, 2.45) is 5.41 Å². The summed E-state index contributed by atoms with van der Waals surface area (Å²) >= 11 is 5.99. The number of hydrogen-bond donors (Lipinski definition) is 0. The second kappa shape index (κ2) is 7.97. The molecule has 142 valence electrons. The molecule has 2 aliphatic heterocycles. The monoisotopic (exact) mass is 378 g/mol. The van der Waals surface area contributed by atoms with Gasteiger partial charge in [-0.25, -0.2) is 0 Å². The van der Waals surface area contributed by atoms with Crippen LogP contribution < -0.4 is 0 Å². The van der Waals surface area contributed by atoms with Gasteiger partial charge in [-0.1, -0.05) is 23.7 Å². The summed E-state index contributed by atoms with van der Waals surface area (Å²) in [6.07, 6.45) is 3.11. The van der Waals surface area contributed by atoms with Crippen LogP contribution in [0.1, 0.15) is 31.7 Å². The van der Waals surface area contributed by atoms with E-state index < -0.39 is 5.41 Å². The topological polar surface area (TPSA) is 49.9 Å². The summed E-state index contributed by atoms with van der Waals surface area (Å²) in [5.41, 5.74) is 0.563. The predicted octanol–water partition coefficient (Wildman–Crippen LogP) is 2.76. The summed E-state index contributed by atoms with van der Waals surface area (Å²) in [6.45, 7) is 4.32. The highest BCUT2D eigenvalue weighted by molar-refractivity contribution is 6.30. The van der Waals surface area contributed by atoms with Gasteiger partial charge >= 0.3 is 0 Å². The van der Waals surface area contributed by atoms with E-state index >= 15 is 0 Å². The lowest BCUT2D eigenvalue weighted by molar-refractivity contribution is -0.161. The lowest BCUT2D eigenvalue weighted by Crippen LogP contribution is -2.66. The molecule has 1 aromatic rings. The number of nitrogens with zero attached hydrogens (tertiary/aromatic N) is 2. The van der Waals surface area contributed by atoms with Crippen LogP contribution in [0.3, 0.4) is 0 Å². The number of methoxy groups -OCH3 is 1. The van der Waals surface area contributed by atoms with E-state index in [0.29, 0.717) is 37.6 Å². The van der Waals surface area contributed by atoms with Gasteiger partial charge in [0.25, 0.3) is 0 Å². The summed E-state index contributed by atoms with van der Waals surface area (Å²) in [5, 5.41) is 0.687. The zero-order valence-corrected chi connectivity index (χ0v) is 16.3. The molecule has 2 saturated heterocycles. The van der Waals surface area contributed by atoms with Gasteiger partial charge < -0.3 is 14.5 Å². The minimum atomic E-state index is -0.519. The van der Waals surface area contributed by atoms with Crippen LogP contribution in [0.4, 0.5) is 0 Å². The van der Waals surface area contributed by atoms with Crippen molar-refractivity contribution in [1.82, 2.24) is 9.80 Å². The van der Waals surface area contributed by atoms with Gasteiger partial charge in [-0.3, -0.25) is 9.59 Å². The van der Waals surface area contributed by atoms with Crippen LogP contribution in [0.5, 0.6) is 0 Å². The Morgan fingerprint density at radius 3 is 2.54 bits per heavy atom. The standard InChI is InChI=1S/C20H27ClN2O3/c1-15-4-3-10-23(15)19(25)20(12-16-5-7-17(21)8-6-16)13-22(14-20)18(24)9-11-26-2/h5-8,15H,3-4,9-14H2,1-2H3. The fourth-order valence-corrected chi connectivity index (χ4v) is 4.19. The third kappa shape index (κ3) is 3.89. The van der Waals surface area contributed by atoms with Crippen molar-refractivity contribution in [1.29, 1.82) is 0 Å². The van der Waals surface area contributed by atoms with Crippen LogP contribution in [-0.4, -0.2) is 61.0 Å². The maximum absolute atomic E-state index is 13.4. The SMILES string of the molecule is COCCC(=O)N1CC(Cc2ccc(Cl)cc2)(C(=O)N2CCCC2C)C1. The average molecular weight is 379 g/mol. The highest BCUT2D eigenvalue weighted by Gasteiger charge is 2.53. The molecule has 2 aliphatic rings. The quantitative estimate of drug-likeness (QED) is 0.764. The first kappa shape index (κ1) is 19.2. The first-order chi connectivity index (χ1) is 12.4. The molecule has 3 rings (SSSR count). The van der Waals surface area contributed by atoms with Crippen LogP contribution in [0.25, 0.3) is 0 Å². The minimum Gasteiger partial charge on any atom is -0.384 e. The Morgan fingerprint density at radius 1 is 1.27 bits per heavy atom. The summed E-state index contributed by atoms with van der Waals surface area (Å²) < 4.78 is 5.00. The third-order valence-electron chi connectivity index (χ3n) is 5.58. The van der Waals surface area contributed by atoms with Gasteiger partial charge in [0.1, 0.15) is 0 Å². The fourth-order valence-electron chi connectivity index (χ4n) is 4.06. The third-order valence-corrected chi connectivity index (χ3v) is 5.84. The first-order valence-corrected chi connectivity index (χ1v) is 9.65. The molecule has 5 nitrogen and oxygen atoms in total. The first-order valence-electron chi connectivity index (χ1n) is 9.27. The van der Waals surface area contributed by atoms with Crippen molar-refractivity contribution in [2.45, 2.75) is 38.6 Å². The van der Waals surface area contributed by atoms with Crippen molar-refractivity contribution >= 4 is 23.4 Å². The van der Waals surface area contributed by atoms with Gasteiger partial charge in [-0.2, -0.15) is 0 Å². The smallest absolute Gasteiger partial charge is 0.232 e. The molecule has 0 spiro atoms. The number of hydrogen-bond acceptors (Lipinski definition) is 3. The molecule has 1 atom stereocenters. The molecule has 2 fully saturated rings. The lowest BCUT2D eigenvalue weighted by atomic mass is 9.73. The molecular formula is C20H27ClN2O3. The zero-order chi connectivity index (χ0) is 18.7. The molecule has 0 aliphatic carbocycles. The lowest BCUT2D eigenvalue weighted by Gasteiger charge is -2.51. The Morgan fingerprint density at radius 2 is 1.96 bits per heavy atom. The number of benzene rings is 1. The second-order valence-corrected chi connectivity index (χ2v) is 8.00. The largest absolute Gasteiger partial charge is 0.384 e. The van der Waals surface area contributed by atoms with Crippen molar-refractivity contribution in [3.8, 4) is 0 Å². The Bertz CT molecular complexity index is 656. The van der Waals surface area contributed by atoms with Gasteiger partial charge in [0, 0.05) is 37.8 Å². The van der Waals surface area contributed by atoms with E-state index in [2.05, 4.69) is 6.92 Å². The molecule has 2 heterocycles. The summed E-state index contributed by atoms with van der Waals surface area (Å²) in [7, 11) is 1.59. The second-order valence-electron chi connectivity index (χ2n) is 7.57. The molecule has 26 heavy (non-hydrogen) atoms. The molecule has 0 aromatic heterocycles. The van der Waals surface area contributed by atoms with E-state index in [1.807, 2.05) is 29.2 Å². The van der Waals surface area contributed by atoms with Gasteiger partial charge in [0.2, 0.25) is 11.8 Å². The van der Waals surface area contributed by atoms with E-state index in [-0.39, 0.29) is 17.9 Å². The maximum Gasteiger partial charge on any atom is 0.232 e. The van der Waals surface area contributed by atoms with Gasteiger partial charge in [0.15, 0.2) is 0 Å². The van der Waals surface area contributed by atoms with Gasteiger partial charge in [0.05, 0.1) is 18.4 Å². The van der Waals surface area contributed by atoms with Crippen molar-refractivity contribution in [3.05, 3.63) is 34.9 Å². The summed E-state index contributed by atoms with van der Waals surface area (Å²) in [4.78, 5) is 29.4. The molecule has 2 amide bonds. The average Bonchev–Trinajstić information content (AvgIpc) is 3.02. The highest BCUT2D eigenvalue weighted by Crippen LogP contribution is 2.38. The zero-order valence-electron chi connectivity index (χ0n) is 15.5. The Kier molecular flexibility index (Phi) is 5.88. The molecule has 1 aromatic carbocycles. The Hall–Kier alpha value is -1.59. The minimum absolute atomic E-state index is 0.0563. The number of likely N-dealkylation sites (tertiary alicyclic amines) is 2. The number of carbonyl (C=O) groups excluding carboxylic acids is 2. The fraction of sp³-hybridized carbons (Fsp3) is 0.600. The molecule has 6 heteroatoms. The summed E-state index contributed by atoms with van der Waals surface area (Å²) in [5.74, 6) is 0.245. The molecular weight excluding hydrogens is 352 g/mol. The van der Waals surface area contributed by atoms with E-state index in [0.717, 1.165) is 24.9 Å². The van der Waals surface area contributed by atoms with Gasteiger partial charge in [-0.05, 0) is 43.9 Å². The van der Waals surface area contributed by atoms with E-state index in [4.69, 9.17) is 16.3 Å². The maximum atomic E-state index is 13.4. The molecule has 0 bridgehead atoms. The molecule has 0 radical (unpaired) electrons. The van der Waals surface area contributed by atoms with Gasteiger partial charge in [-0.15, -0.1) is 0 Å². The predicted molar refractivity (Wildman–Crippen MR) is 101 cm³/mol. The summed E-state index contributed by atoms with van der Waals surface area (Å²) in [6, 6.07) is 7.93. The Labute approximate surface area is 160 Å². The van der Waals surface area contributed by atoms with Crippen LogP contribution in [0.2, 0.25) is 5.02 Å². The normalized spacial score (nSPS) is 21.6. The van der Waals surface area contributed by atoms with Crippen molar-refractivity contribution < 1.29 is 14.3 Å². The molecule has 0 N–H and O–H groups in total. The van der Waals surface area contributed by atoms with Crippen molar-refractivity contribution in [3.63, 3.8) is 0 Å². The number of carbonyl (C=O) groups is 2. The number of rotatable bonds is 6. The highest BCUT2D eigenvalue weighted by atomic mass is 35.5. The van der Waals surface area contributed by atoms with E-state index in [9.17, 15) is 9.59 Å². The van der Waals surface area contributed by atoms with Crippen LogP contribution in [0, 0.1) is 5.41 Å². The van der Waals surface area contributed by atoms with Crippen molar-refractivity contribution in [2.75, 3.05) is 33.4 Å². The Balaban J connectivity index is 1.75. The van der Waals surface area contributed by atoms with Crippen LogP contribution in [0.15, 0.2) is 24.3 Å². The molecule has 0 saturated carbocycles. The van der Waals surface area contributed by atoms with Crippen LogP contribution >= 0.6 is 11.6 Å². The number of ether oxygens (including phenoxy) is 1. The number of halogens is 1.